The quantitative estimate of drug-likeness (QED) is 0.811. The number of rotatable bonds is 6. The summed E-state index contributed by atoms with van der Waals surface area (Å²) in [6.45, 7) is 5.38. The van der Waals surface area contributed by atoms with Crippen molar-refractivity contribution in [2.45, 2.75) is 19.8 Å². The number of benzene rings is 1. The van der Waals surface area contributed by atoms with E-state index in [4.69, 9.17) is 9.47 Å². The van der Waals surface area contributed by atoms with Gasteiger partial charge in [-0.1, -0.05) is 18.2 Å². The maximum absolute atomic E-state index is 11.7. The van der Waals surface area contributed by atoms with Gasteiger partial charge in [0.05, 0.1) is 39.3 Å². The maximum atomic E-state index is 11.7. The third-order valence-electron chi connectivity index (χ3n) is 4.16. The highest BCUT2D eigenvalue weighted by Crippen LogP contribution is 2.18. The number of ether oxygens (including phenoxy) is 2. The number of hydrogen-bond donors (Lipinski definition) is 1. The predicted molar refractivity (Wildman–Crippen MR) is 86.9 cm³/mol. The number of piperidine rings is 1. The number of carbonyl (C=O) groups excluding carboxylic acids is 1. The fourth-order valence-electron chi connectivity index (χ4n) is 2.88. The summed E-state index contributed by atoms with van der Waals surface area (Å²) in [5, 5.41) is 0. The zero-order valence-electron chi connectivity index (χ0n) is 13.5. The van der Waals surface area contributed by atoms with Gasteiger partial charge in [-0.3, -0.25) is 4.79 Å². The van der Waals surface area contributed by atoms with Gasteiger partial charge in [0.25, 0.3) is 0 Å². The molecule has 4 nitrogen and oxygen atoms in total. The van der Waals surface area contributed by atoms with Crippen molar-refractivity contribution in [1.29, 1.82) is 0 Å². The number of nitrogens with one attached hydrogen (secondary N) is 1. The molecule has 0 radical (unpaired) electrons. The summed E-state index contributed by atoms with van der Waals surface area (Å²) >= 11 is 0. The summed E-state index contributed by atoms with van der Waals surface area (Å²) in [5.74, 6) is 0.975. The molecule has 0 atom stereocenters. The van der Waals surface area contributed by atoms with Crippen LogP contribution in [0.3, 0.4) is 0 Å². The molecular weight excluding hydrogens is 278 g/mol. The normalized spacial score (nSPS) is 21.7. The molecule has 0 spiro atoms. The minimum absolute atomic E-state index is 0.0221. The first-order valence-electron chi connectivity index (χ1n) is 8.04. The second-order valence-electron chi connectivity index (χ2n) is 5.62. The van der Waals surface area contributed by atoms with Crippen molar-refractivity contribution < 1.29 is 19.2 Å². The molecular formula is C18H26NO3+. The van der Waals surface area contributed by atoms with Gasteiger partial charge < -0.3 is 14.4 Å². The van der Waals surface area contributed by atoms with Crippen LogP contribution in [0.1, 0.15) is 25.3 Å². The van der Waals surface area contributed by atoms with E-state index in [0.717, 1.165) is 43.8 Å². The molecule has 0 aliphatic carbocycles. The Morgan fingerprint density at radius 1 is 1.32 bits per heavy atom. The van der Waals surface area contributed by atoms with E-state index in [0.29, 0.717) is 6.61 Å². The third kappa shape index (κ3) is 4.60. The molecule has 22 heavy (non-hydrogen) atoms. The summed E-state index contributed by atoms with van der Waals surface area (Å²) in [6.07, 6.45) is 6.16. The first-order chi connectivity index (χ1) is 10.7. The van der Waals surface area contributed by atoms with Gasteiger partial charge in [0.1, 0.15) is 5.75 Å². The average Bonchev–Trinajstić information content (AvgIpc) is 2.56. The Morgan fingerprint density at radius 2 is 2.05 bits per heavy atom. The Kier molecular flexibility index (Phi) is 6.46. The van der Waals surface area contributed by atoms with Crippen LogP contribution in [-0.2, 0) is 9.53 Å². The number of hydrogen-bond acceptors (Lipinski definition) is 3. The van der Waals surface area contributed by atoms with Crippen LogP contribution in [0, 0.1) is 5.92 Å². The van der Waals surface area contributed by atoms with Crippen LogP contribution in [0.2, 0.25) is 0 Å². The van der Waals surface area contributed by atoms with Gasteiger partial charge in [0.15, 0.2) is 0 Å². The monoisotopic (exact) mass is 304 g/mol. The largest absolute Gasteiger partial charge is 0.496 e. The molecule has 1 aromatic carbocycles. The van der Waals surface area contributed by atoms with Gasteiger partial charge in [-0.25, -0.2) is 0 Å². The molecule has 1 aliphatic rings. The van der Waals surface area contributed by atoms with Crippen LogP contribution >= 0.6 is 0 Å². The first kappa shape index (κ1) is 16.6. The molecule has 4 heteroatoms. The van der Waals surface area contributed by atoms with Crippen molar-refractivity contribution in [2.24, 2.45) is 5.92 Å². The second-order valence-corrected chi connectivity index (χ2v) is 5.62. The Bertz CT molecular complexity index is 505. The molecule has 1 aromatic rings. The minimum Gasteiger partial charge on any atom is -0.496 e. The number of quaternary nitrogens is 1. The fourth-order valence-corrected chi connectivity index (χ4v) is 2.88. The standard InChI is InChI=1S/C18H25NO3/c1-3-22-18(20)16-10-13-19(14-11-16)12-6-8-15-7-4-5-9-17(15)21-2/h4-9,16H,3,10-14H2,1-2H3/p+1/b8-6+. The van der Waals surface area contributed by atoms with Crippen molar-refractivity contribution >= 4 is 12.0 Å². The molecule has 1 N–H and O–H groups in total. The summed E-state index contributed by atoms with van der Waals surface area (Å²) in [4.78, 5) is 13.2. The minimum atomic E-state index is -0.0221. The van der Waals surface area contributed by atoms with E-state index in [9.17, 15) is 4.79 Å². The highest BCUT2D eigenvalue weighted by molar-refractivity contribution is 5.72. The number of esters is 1. The van der Waals surface area contributed by atoms with Gasteiger partial charge in [-0.15, -0.1) is 0 Å². The topological polar surface area (TPSA) is 40.0 Å². The van der Waals surface area contributed by atoms with E-state index >= 15 is 0 Å². The molecule has 0 aromatic heterocycles. The van der Waals surface area contributed by atoms with Gasteiger partial charge in [0.2, 0.25) is 0 Å². The molecule has 0 saturated carbocycles. The molecule has 1 saturated heterocycles. The van der Waals surface area contributed by atoms with Gasteiger partial charge >= 0.3 is 5.97 Å². The van der Waals surface area contributed by atoms with Crippen LogP contribution in [-0.4, -0.2) is 39.3 Å². The highest BCUT2D eigenvalue weighted by Gasteiger charge is 2.27. The van der Waals surface area contributed by atoms with Gasteiger partial charge in [-0.05, 0) is 25.1 Å². The zero-order chi connectivity index (χ0) is 15.8. The van der Waals surface area contributed by atoms with Crippen molar-refractivity contribution in [1.82, 2.24) is 0 Å². The van der Waals surface area contributed by atoms with Crippen LogP contribution < -0.4 is 9.64 Å². The van der Waals surface area contributed by atoms with E-state index in [2.05, 4.69) is 18.2 Å². The number of carbonyl (C=O) groups is 1. The van der Waals surface area contributed by atoms with Crippen molar-refractivity contribution in [3.63, 3.8) is 0 Å². The molecule has 0 bridgehead atoms. The lowest BCUT2D eigenvalue weighted by atomic mass is 9.97. The third-order valence-corrected chi connectivity index (χ3v) is 4.16. The van der Waals surface area contributed by atoms with Gasteiger partial charge in [-0.2, -0.15) is 0 Å². The molecule has 0 amide bonds. The Morgan fingerprint density at radius 3 is 2.73 bits per heavy atom. The molecule has 120 valence electrons. The average molecular weight is 304 g/mol. The van der Waals surface area contributed by atoms with Crippen molar-refractivity contribution in [3.05, 3.63) is 35.9 Å². The molecule has 1 heterocycles. The molecule has 2 rings (SSSR count). The van der Waals surface area contributed by atoms with E-state index in [1.807, 2.05) is 25.1 Å². The van der Waals surface area contributed by atoms with Crippen molar-refractivity contribution in [2.75, 3.05) is 33.4 Å². The lowest BCUT2D eigenvalue weighted by Gasteiger charge is -2.27. The van der Waals surface area contributed by atoms with E-state index in [-0.39, 0.29) is 11.9 Å². The smallest absolute Gasteiger partial charge is 0.309 e. The van der Waals surface area contributed by atoms with Crippen LogP contribution in [0.15, 0.2) is 30.3 Å². The second kappa shape index (κ2) is 8.59. The first-order valence-corrected chi connectivity index (χ1v) is 8.04. The van der Waals surface area contributed by atoms with Crippen LogP contribution in [0.4, 0.5) is 0 Å². The zero-order valence-corrected chi connectivity index (χ0v) is 13.5. The van der Waals surface area contributed by atoms with Gasteiger partial charge in [0, 0.05) is 18.4 Å². The number of para-hydroxylation sites is 1. The predicted octanol–water partition coefficient (Wildman–Crippen LogP) is 1.57. The highest BCUT2D eigenvalue weighted by atomic mass is 16.5. The lowest BCUT2D eigenvalue weighted by Crippen LogP contribution is -3.13. The summed E-state index contributed by atoms with van der Waals surface area (Å²) in [6, 6.07) is 8.01. The fraction of sp³-hybridized carbons (Fsp3) is 0.500. The summed E-state index contributed by atoms with van der Waals surface area (Å²) in [7, 11) is 1.69. The summed E-state index contributed by atoms with van der Waals surface area (Å²) in [5.41, 5.74) is 1.10. The van der Waals surface area contributed by atoms with Crippen molar-refractivity contribution in [3.8, 4) is 5.75 Å². The van der Waals surface area contributed by atoms with E-state index < -0.39 is 0 Å². The maximum Gasteiger partial charge on any atom is 0.309 e. The SMILES string of the molecule is CCOC(=O)C1CC[NH+](C/C=C/c2ccccc2OC)CC1. The van der Waals surface area contributed by atoms with Crippen LogP contribution in [0.25, 0.3) is 6.08 Å². The Hall–Kier alpha value is -1.81. The van der Waals surface area contributed by atoms with Crippen LogP contribution in [0.5, 0.6) is 5.75 Å². The Balaban J connectivity index is 1.79. The molecule has 0 unspecified atom stereocenters. The number of likely N-dealkylation sites (tertiary alicyclic amines) is 1. The molecule has 1 aliphatic heterocycles. The summed E-state index contributed by atoms with van der Waals surface area (Å²) < 4.78 is 10.4. The lowest BCUT2D eigenvalue weighted by molar-refractivity contribution is -0.899. The van der Waals surface area contributed by atoms with E-state index in [1.54, 1.807) is 7.11 Å². The Labute approximate surface area is 132 Å². The number of methoxy groups -OCH3 is 1. The molecule has 1 fully saturated rings. The van der Waals surface area contributed by atoms with E-state index in [1.165, 1.54) is 4.90 Å².